The highest BCUT2D eigenvalue weighted by atomic mass is 16.3. The summed E-state index contributed by atoms with van der Waals surface area (Å²) in [5.74, 6) is 1.34. The predicted octanol–water partition coefficient (Wildman–Crippen LogP) is 13.2. The van der Waals surface area contributed by atoms with Crippen LogP contribution in [0.4, 0.5) is 5.88 Å². The van der Waals surface area contributed by atoms with Crippen LogP contribution in [0.5, 0.6) is 0 Å². The Labute approximate surface area is 330 Å². The van der Waals surface area contributed by atoms with E-state index in [-0.39, 0.29) is 6.17 Å². The van der Waals surface area contributed by atoms with Gasteiger partial charge in [0.05, 0.1) is 44.2 Å². The summed E-state index contributed by atoms with van der Waals surface area (Å²) >= 11 is 0. The van der Waals surface area contributed by atoms with Gasteiger partial charge < -0.3 is 18.7 Å². The van der Waals surface area contributed by atoms with Crippen LogP contribution in [0.3, 0.4) is 0 Å². The Balaban J connectivity index is 1.16. The molecule has 13 aromatic rings. The lowest BCUT2D eigenvalue weighted by molar-refractivity contribution is 0.543. The first kappa shape index (κ1) is 30.4. The van der Waals surface area contributed by atoms with Crippen molar-refractivity contribution >= 4 is 105 Å². The first-order valence-electron chi connectivity index (χ1n) is 19.8. The third kappa shape index (κ3) is 3.79. The number of aromatic nitrogens is 3. The average molecular weight is 742 g/mol. The Bertz CT molecular complexity index is 3840. The number of hydrogen-bond donors (Lipinski definition) is 1. The summed E-state index contributed by atoms with van der Waals surface area (Å²) in [5.41, 5.74) is 12.4. The van der Waals surface area contributed by atoms with Gasteiger partial charge in [0.25, 0.3) is 0 Å². The van der Waals surface area contributed by atoms with Gasteiger partial charge in [-0.25, -0.2) is 0 Å². The second kappa shape index (κ2) is 10.9. The summed E-state index contributed by atoms with van der Waals surface area (Å²) in [6.45, 7) is 0. The van der Waals surface area contributed by atoms with Gasteiger partial charge in [-0.15, -0.1) is 0 Å². The number of nitrogens with zero attached hydrogens (tertiary/aromatic N) is 4. The van der Waals surface area contributed by atoms with Crippen LogP contribution in [0, 0.1) is 0 Å². The van der Waals surface area contributed by atoms with Gasteiger partial charge >= 0.3 is 0 Å². The largest absolute Gasteiger partial charge is 0.438 e. The number of nitrogens with one attached hydrogen (secondary N) is 1. The van der Waals surface area contributed by atoms with Gasteiger partial charge in [-0.2, -0.15) is 4.99 Å². The number of fused-ring (bicyclic) bond motifs is 16. The molecule has 8 aromatic carbocycles. The van der Waals surface area contributed by atoms with Gasteiger partial charge in [-0.05, 0) is 59.7 Å². The zero-order valence-corrected chi connectivity index (χ0v) is 31.0. The number of rotatable bonds is 2. The van der Waals surface area contributed by atoms with E-state index in [1.165, 1.54) is 70.8 Å². The molecular weight excluding hydrogens is 711 g/mol. The molecule has 5 aromatic heterocycles. The zero-order valence-electron chi connectivity index (χ0n) is 31.0. The highest BCUT2D eigenvalue weighted by Gasteiger charge is 2.34. The minimum absolute atomic E-state index is 0.372. The Morgan fingerprint density at radius 1 is 0.448 bits per heavy atom. The van der Waals surface area contributed by atoms with Gasteiger partial charge in [0, 0.05) is 48.5 Å². The minimum atomic E-state index is -0.372. The van der Waals surface area contributed by atoms with E-state index in [0.29, 0.717) is 5.88 Å². The van der Waals surface area contributed by atoms with Crippen molar-refractivity contribution in [3.05, 3.63) is 181 Å². The molecule has 1 aliphatic rings. The number of furan rings is 1. The molecule has 58 heavy (non-hydrogen) atoms. The van der Waals surface area contributed by atoms with Crippen LogP contribution in [0.25, 0.3) is 104 Å². The van der Waals surface area contributed by atoms with Gasteiger partial charge in [-0.3, -0.25) is 4.57 Å². The molecule has 0 aliphatic carbocycles. The van der Waals surface area contributed by atoms with Crippen LogP contribution in [0.15, 0.2) is 185 Å². The van der Waals surface area contributed by atoms with Gasteiger partial charge in [0.1, 0.15) is 11.7 Å². The number of para-hydroxylation sites is 5. The summed E-state index contributed by atoms with van der Waals surface area (Å²) in [7, 11) is 0. The van der Waals surface area contributed by atoms with Crippen LogP contribution in [-0.4, -0.2) is 19.5 Å². The SMILES string of the molecule is c1ccc(-c2ccc3c(c2)c2c4c5ccccc5n5c6ccccc6c(cc2n3C2NC(n3c6ccccc6c6ccccc63)=Nc3oc6ccccc6c32)c45)cc1. The Kier molecular flexibility index (Phi) is 5.73. The summed E-state index contributed by atoms with van der Waals surface area (Å²) in [4.78, 5) is 5.34. The van der Waals surface area contributed by atoms with E-state index in [4.69, 9.17) is 9.41 Å². The lowest BCUT2D eigenvalue weighted by Gasteiger charge is -2.28. The van der Waals surface area contributed by atoms with Crippen LogP contribution in [-0.2, 0) is 0 Å². The van der Waals surface area contributed by atoms with Crippen molar-refractivity contribution in [1.82, 2.24) is 18.9 Å². The summed E-state index contributed by atoms with van der Waals surface area (Å²) in [5, 5.41) is 14.9. The van der Waals surface area contributed by atoms with Crippen molar-refractivity contribution in [3.8, 4) is 11.1 Å². The molecule has 1 atom stereocenters. The number of benzene rings is 8. The molecule has 0 spiro atoms. The van der Waals surface area contributed by atoms with Crippen LogP contribution in [0.1, 0.15) is 11.7 Å². The van der Waals surface area contributed by atoms with E-state index in [1.54, 1.807) is 0 Å². The fourth-order valence-electron chi connectivity index (χ4n) is 10.3. The summed E-state index contributed by atoms with van der Waals surface area (Å²) in [6, 6.07) is 63.4. The molecule has 1 unspecified atom stereocenters. The van der Waals surface area contributed by atoms with Crippen molar-refractivity contribution in [2.24, 2.45) is 4.99 Å². The molecule has 14 rings (SSSR count). The van der Waals surface area contributed by atoms with Crippen molar-refractivity contribution in [3.63, 3.8) is 0 Å². The molecule has 0 fully saturated rings. The quantitative estimate of drug-likeness (QED) is 0.192. The van der Waals surface area contributed by atoms with E-state index in [1.807, 2.05) is 12.1 Å². The maximum atomic E-state index is 6.73. The Morgan fingerprint density at radius 3 is 1.79 bits per heavy atom. The molecule has 0 bridgehead atoms. The van der Waals surface area contributed by atoms with Gasteiger partial charge in [0.15, 0.2) is 0 Å². The van der Waals surface area contributed by atoms with Gasteiger partial charge in [0.2, 0.25) is 11.8 Å². The highest BCUT2D eigenvalue weighted by Crippen LogP contribution is 2.49. The predicted molar refractivity (Wildman–Crippen MR) is 239 cm³/mol. The standard InChI is InChI=1S/C52H31N5O/c1-2-14-30(15-3-1)31-26-27-43-38(28-31)46-44(29-37-34-18-6-9-21-39(34)55-42-24-12-7-19-35(42)47(46)49(37)55)56(43)50-48-36-20-8-13-25-45(36)58-51(48)54-52(53-50)57-40-22-10-4-16-32(40)33-17-5-11-23-41(33)57/h1-29,50H,(H,53,54). The smallest absolute Gasteiger partial charge is 0.230 e. The fraction of sp³-hybridized carbons (Fsp3) is 0.0192. The summed E-state index contributed by atoms with van der Waals surface area (Å²) < 4.78 is 14.0. The van der Waals surface area contributed by atoms with Crippen molar-refractivity contribution < 1.29 is 4.42 Å². The zero-order chi connectivity index (χ0) is 37.6. The van der Waals surface area contributed by atoms with E-state index in [2.05, 4.69) is 183 Å². The average Bonchev–Trinajstić information content (AvgIpc) is 4.08. The van der Waals surface area contributed by atoms with E-state index < -0.39 is 0 Å². The highest BCUT2D eigenvalue weighted by molar-refractivity contribution is 6.35. The topological polar surface area (TPSA) is 51.8 Å². The second-order valence-corrected chi connectivity index (χ2v) is 15.5. The first-order valence-corrected chi connectivity index (χ1v) is 19.8. The van der Waals surface area contributed by atoms with E-state index >= 15 is 0 Å². The van der Waals surface area contributed by atoms with Crippen LogP contribution in [0.2, 0.25) is 0 Å². The lowest BCUT2D eigenvalue weighted by Crippen LogP contribution is -2.39. The van der Waals surface area contributed by atoms with Crippen LogP contribution < -0.4 is 5.32 Å². The second-order valence-electron chi connectivity index (χ2n) is 15.5. The molecule has 6 heterocycles. The Morgan fingerprint density at radius 2 is 1.05 bits per heavy atom. The summed E-state index contributed by atoms with van der Waals surface area (Å²) in [6.07, 6.45) is -0.372. The number of hydrogen-bond acceptors (Lipinski definition) is 3. The molecule has 1 aliphatic heterocycles. The monoisotopic (exact) mass is 741 g/mol. The Hall–Kier alpha value is -7.83. The molecule has 1 N–H and O–H groups in total. The van der Waals surface area contributed by atoms with Crippen LogP contribution >= 0.6 is 0 Å². The van der Waals surface area contributed by atoms with E-state index in [9.17, 15) is 0 Å². The normalized spacial score (nSPS) is 14.6. The molecule has 0 amide bonds. The fourth-order valence-corrected chi connectivity index (χ4v) is 10.3. The van der Waals surface area contributed by atoms with Crippen molar-refractivity contribution in [2.45, 2.75) is 6.17 Å². The first-order chi connectivity index (χ1) is 28.8. The molecule has 0 radical (unpaired) electrons. The number of aliphatic imine (C=N–C) groups is 1. The molecule has 6 nitrogen and oxygen atoms in total. The minimum Gasteiger partial charge on any atom is -0.438 e. The maximum absolute atomic E-state index is 6.73. The van der Waals surface area contributed by atoms with Crippen molar-refractivity contribution in [2.75, 3.05) is 0 Å². The third-order valence-corrected chi connectivity index (χ3v) is 12.7. The van der Waals surface area contributed by atoms with Gasteiger partial charge in [-0.1, -0.05) is 127 Å². The molecule has 0 saturated heterocycles. The molecule has 0 saturated carbocycles. The van der Waals surface area contributed by atoms with E-state index in [0.717, 1.165) is 44.6 Å². The van der Waals surface area contributed by atoms with Crippen molar-refractivity contribution in [1.29, 1.82) is 0 Å². The molecule has 270 valence electrons. The lowest BCUT2D eigenvalue weighted by atomic mass is 9.99. The molecule has 6 heteroatoms. The molecular formula is C52H31N5O. The third-order valence-electron chi connectivity index (χ3n) is 12.7. The maximum Gasteiger partial charge on any atom is 0.230 e.